The molecule has 1 saturated carbocycles. The topological polar surface area (TPSA) is 96.5 Å². The van der Waals surface area contributed by atoms with Crippen molar-refractivity contribution in [3.05, 3.63) is 65.7 Å². The highest BCUT2D eigenvalue weighted by Gasteiger charge is 2.38. The first-order valence-electron chi connectivity index (χ1n) is 10.1. The fourth-order valence-corrected chi connectivity index (χ4v) is 4.90. The number of benzene rings is 2. The molecule has 0 radical (unpaired) electrons. The first-order valence-corrected chi connectivity index (χ1v) is 11.5. The Hall–Kier alpha value is -2.42. The number of carbonyl (C=O) groups is 1. The Balaban J connectivity index is 1.75. The number of rotatable bonds is 8. The molecular formula is C22H29N3O4S. The second-order valence-electron chi connectivity index (χ2n) is 7.63. The third-order valence-electron chi connectivity index (χ3n) is 5.86. The van der Waals surface area contributed by atoms with E-state index >= 15 is 0 Å². The van der Waals surface area contributed by atoms with E-state index in [1.807, 2.05) is 30.3 Å². The Morgan fingerprint density at radius 2 is 1.70 bits per heavy atom. The summed E-state index contributed by atoms with van der Waals surface area (Å²) in [6, 6.07) is 17.1. The summed E-state index contributed by atoms with van der Waals surface area (Å²) in [5.41, 5.74) is 1.40. The lowest BCUT2D eigenvalue weighted by molar-refractivity contribution is 0.0932. The molecule has 1 aliphatic rings. The third-order valence-corrected chi connectivity index (χ3v) is 7.04. The van der Waals surface area contributed by atoms with E-state index in [9.17, 15) is 13.2 Å². The molecule has 1 amide bonds. The molecule has 1 fully saturated rings. The lowest BCUT2D eigenvalue weighted by Gasteiger charge is -2.41. The number of nitrogens with one attached hydrogen (secondary N) is 3. The van der Waals surface area contributed by atoms with Crippen molar-refractivity contribution in [2.24, 2.45) is 0 Å². The quantitative estimate of drug-likeness (QED) is 0.598. The number of methoxy groups -OCH3 is 1. The zero-order chi connectivity index (χ0) is 21.6. The summed E-state index contributed by atoms with van der Waals surface area (Å²) in [4.78, 5) is 12.8. The molecule has 162 valence electrons. The van der Waals surface area contributed by atoms with Gasteiger partial charge in [-0.05, 0) is 43.4 Å². The van der Waals surface area contributed by atoms with Crippen LogP contribution in [0, 0.1) is 0 Å². The van der Waals surface area contributed by atoms with Gasteiger partial charge in [-0.25, -0.2) is 4.72 Å². The molecule has 0 heterocycles. The van der Waals surface area contributed by atoms with Crippen molar-refractivity contribution in [3.63, 3.8) is 0 Å². The maximum atomic E-state index is 12.8. The number of amides is 1. The van der Waals surface area contributed by atoms with Gasteiger partial charge in [-0.2, -0.15) is 13.1 Å². The molecule has 7 nitrogen and oxygen atoms in total. The van der Waals surface area contributed by atoms with Crippen molar-refractivity contribution >= 4 is 16.1 Å². The van der Waals surface area contributed by atoms with Gasteiger partial charge in [0.15, 0.2) is 0 Å². The molecule has 30 heavy (non-hydrogen) atoms. The second-order valence-corrected chi connectivity index (χ2v) is 9.28. The zero-order valence-electron chi connectivity index (χ0n) is 17.4. The fourth-order valence-electron chi connectivity index (χ4n) is 4.10. The maximum Gasteiger partial charge on any atom is 0.276 e. The standard InChI is InChI=1S/C22H29N3O4S/c1-23-30(27,28)25-18-12-14-22(15-13-18,17-8-4-3-5-9-17)16-24-21(26)19-10-6-7-11-20(19)29-2/h3-11,18,23,25H,12-16H2,1-2H3,(H,24,26). The van der Waals surface area contributed by atoms with E-state index in [0.29, 0.717) is 30.7 Å². The Kier molecular flexibility index (Phi) is 7.12. The summed E-state index contributed by atoms with van der Waals surface area (Å²) >= 11 is 0. The van der Waals surface area contributed by atoms with Crippen molar-refractivity contribution in [1.29, 1.82) is 0 Å². The minimum absolute atomic E-state index is 0.121. The predicted molar refractivity (Wildman–Crippen MR) is 117 cm³/mol. The highest BCUT2D eigenvalue weighted by Crippen LogP contribution is 2.39. The number of carbonyl (C=O) groups excluding carboxylic acids is 1. The first kappa shape index (κ1) is 22.3. The fraction of sp³-hybridized carbons (Fsp3) is 0.409. The van der Waals surface area contributed by atoms with Gasteiger partial charge < -0.3 is 10.1 Å². The van der Waals surface area contributed by atoms with Crippen LogP contribution in [-0.2, 0) is 15.6 Å². The molecule has 0 aromatic heterocycles. The van der Waals surface area contributed by atoms with Crippen LogP contribution < -0.4 is 19.5 Å². The van der Waals surface area contributed by atoms with E-state index in [2.05, 4.69) is 26.9 Å². The molecule has 0 aliphatic heterocycles. The molecule has 3 rings (SSSR count). The van der Waals surface area contributed by atoms with E-state index in [-0.39, 0.29) is 17.4 Å². The van der Waals surface area contributed by atoms with Crippen LogP contribution in [0.15, 0.2) is 54.6 Å². The van der Waals surface area contributed by atoms with Crippen molar-refractivity contribution < 1.29 is 17.9 Å². The van der Waals surface area contributed by atoms with Crippen LogP contribution in [0.2, 0.25) is 0 Å². The molecule has 0 saturated heterocycles. The molecule has 0 unspecified atom stereocenters. The molecule has 0 bridgehead atoms. The monoisotopic (exact) mass is 431 g/mol. The summed E-state index contributed by atoms with van der Waals surface area (Å²) in [6.45, 7) is 0.472. The largest absolute Gasteiger partial charge is 0.496 e. The molecule has 3 N–H and O–H groups in total. The van der Waals surface area contributed by atoms with Gasteiger partial charge in [0, 0.05) is 25.0 Å². The van der Waals surface area contributed by atoms with E-state index in [4.69, 9.17) is 4.74 Å². The third kappa shape index (κ3) is 5.19. The minimum Gasteiger partial charge on any atom is -0.496 e. The smallest absolute Gasteiger partial charge is 0.276 e. The van der Waals surface area contributed by atoms with Gasteiger partial charge in [-0.1, -0.05) is 42.5 Å². The van der Waals surface area contributed by atoms with E-state index in [1.54, 1.807) is 19.2 Å². The van der Waals surface area contributed by atoms with Gasteiger partial charge >= 0.3 is 0 Å². The molecule has 0 spiro atoms. The van der Waals surface area contributed by atoms with Gasteiger partial charge in [-0.3, -0.25) is 4.79 Å². The maximum absolute atomic E-state index is 12.8. The lowest BCUT2D eigenvalue weighted by Crippen LogP contribution is -2.49. The number of hydrogen-bond acceptors (Lipinski definition) is 4. The van der Waals surface area contributed by atoms with Crippen molar-refractivity contribution in [2.75, 3.05) is 20.7 Å². The average molecular weight is 432 g/mol. The summed E-state index contributed by atoms with van der Waals surface area (Å²) < 4.78 is 34.0. The highest BCUT2D eigenvalue weighted by atomic mass is 32.2. The van der Waals surface area contributed by atoms with Crippen molar-refractivity contribution in [2.45, 2.75) is 37.1 Å². The number of para-hydroxylation sites is 1. The van der Waals surface area contributed by atoms with Crippen LogP contribution in [0.1, 0.15) is 41.6 Å². The second kappa shape index (κ2) is 9.59. The van der Waals surface area contributed by atoms with Crippen molar-refractivity contribution in [1.82, 2.24) is 14.8 Å². The van der Waals surface area contributed by atoms with Crippen LogP contribution in [0.3, 0.4) is 0 Å². The SMILES string of the molecule is CNS(=O)(=O)NC1CCC(CNC(=O)c2ccccc2OC)(c2ccccc2)CC1. The summed E-state index contributed by atoms with van der Waals surface area (Å²) in [5, 5.41) is 3.09. The summed E-state index contributed by atoms with van der Waals surface area (Å²) in [7, 11) is -0.532. The summed E-state index contributed by atoms with van der Waals surface area (Å²) in [6.07, 6.45) is 2.92. The molecule has 8 heteroatoms. The van der Waals surface area contributed by atoms with Crippen molar-refractivity contribution in [3.8, 4) is 5.75 Å². The van der Waals surface area contributed by atoms with Gasteiger partial charge in [0.2, 0.25) is 0 Å². The van der Waals surface area contributed by atoms with Crippen LogP contribution in [0.4, 0.5) is 0 Å². The van der Waals surface area contributed by atoms with Gasteiger partial charge in [0.25, 0.3) is 16.1 Å². The van der Waals surface area contributed by atoms with Gasteiger partial charge in [-0.15, -0.1) is 0 Å². The molecule has 2 aromatic rings. The van der Waals surface area contributed by atoms with Gasteiger partial charge in [0.1, 0.15) is 5.75 Å². The Labute approximate surface area is 178 Å². The average Bonchev–Trinajstić information content (AvgIpc) is 2.79. The lowest BCUT2D eigenvalue weighted by atomic mass is 9.68. The normalized spacial score (nSPS) is 21.7. The van der Waals surface area contributed by atoms with Crippen LogP contribution >= 0.6 is 0 Å². The predicted octanol–water partition coefficient (Wildman–Crippen LogP) is 2.36. The Morgan fingerprint density at radius 1 is 1.07 bits per heavy atom. The Bertz CT molecular complexity index is 955. The number of hydrogen-bond donors (Lipinski definition) is 3. The van der Waals surface area contributed by atoms with E-state index in [0.717, 1.165) is 18.4 Å². The zero-order valence-corrected chi connectivity index (χ0v) is 18.2. The first-order chi connectivity index (χ1) is 14.4. The van der Waals surface area contributed by atoms with Crippen LogP contribution in [-0.4, -0.2) is 41.1 Å². The van der Waals surface area contributed by atoms with Crippen LogP contribution in [0.25, 0.3) is 0 Å². The van der Waals surface area contributed by atoms with E-state index in [1.165, 1.54) is 7.05 Å². The van der Waals surface area contributed by atoms with Crippen LogP contribution in [0.5, 0.6) is 5.75 Å². The number of ether oxygens (including phenoxy) is 1. The molecule has 0 atom stereocenters. The Morgan fingerprint density at radius 3 is 2.33 bits per heavy atom. The van der Waals surface area contributed by atoms with E-state index < -0.39 is 10.2 Å². The summed E-state index contributed by atoms with van der Waals surface area (Å²) in [5.74, 6) is 0.356. The van der Waals surface area contributed by atoms with Gasteiger partial charge in [0.05, 0.1) is 12.7 Å². The molecular weight excluding hydrogens is 402 g/mol. The molecule has 1 aliphatic carbocycles. The minimum atomic E-state index is -3.47. The highest BCUT2D eigenvalue weighted by molar-refractivity contribution is 7.87. The molecule has 2 aromatic carbocycles.